The van der Waals surface area contributed by atoms with Crippen LogP contribution in [-0.4, -0.2) is 34.9 Å². The third-order valence-corrected chi connectivity index (χ3v) is 5.12. The number of ether oxygens (including phenoxy) is 1. The van der Waals surface area contributed by atoms with Crippen LogP contribution in [0.3, 0.4) is 0 Å². The largest absolute Gasteiger partial charge is 0.376 e. The zero-order valence-corrected chi connectivity index (χ0v) is 14.5. The van der Waals surface area contributed by atoms with Gasteiger partial charge in [0.15, 0.2) is 0 Å². The monoisotopic (exact) mass is 353 g/mol. The van der Waals surface area contributed by atoms with E-state index in [1.165, 1.54) is 0 Å². The molecule has 3 aromatic rings. The van der Waals surface area contributed by atoms with Crippen molar-refractivity contribution < 1.29 is 9.53 Å². The summed E-state index contributed by atoms with van der Waals surface area (Å²) < 4.78 is 7.29. The molecule has 1 aliphatic rings. The Morgan fingerprint density at radius 3 is 2.88 bits per heavy atom. The van der Waals surface area contributed by atoms with Gasteiger partial charge in [0.05, 0.1) is 16.7 Å². The van der Waals surface area contributed by atoms with Gasteiger partial charge in [-0.2, -0.15) is 5.10 Å². The summed E-state index contributed by atoms with van der Waals surface area (Å²) in [5.74, 6) is -0.130. The van der Waals surface area contributed by atoms with Crippen molar-refractivity contribution in [2.24, 2.45) is 0 Å². The number of nitrogens with zero attached hydrogens (tertiary/aromatic N) is 2. The smallest absolute Gasteiger partial charge is 0.270 e. The number of amides is 1. The molecule has 128 valence electrons. The Morgan fingerprint density at radius 2 is 2.16 bits per heavy atom. The maximum atomic E-state index is 12.8. The molecule has 1 fully saturated rings. The standard InChI is InChI=1S/C19H19N3O2S/c23-19(20-13-15-8-4-10-24-15)17-12-16(18-9-5-11-25-18)21-22(17)14-6-2-1-3-7-14/h1-3,5-7,9,11-12,15H,4,8,10,13H2,(H,20,23)/t15-/m1/s1. The molecule has 0 unspecified atom stereocenters. The average molecular weight is 353 g/mol. The second kappa shape index (κ2) is 7.21. The SMILES string of the molecule is O=C(NC[C@H]1CCCO1)c1cc(-c2cccs2)nn1-c1ccccc1. The Labute approximate surface area is 150 Å². The van der Waals surface area contributed by atoms with Crippen LogP contribution >= 0.6 is 11.3 Å². The highest BCUT2D eigenvalue weighted by molar-refractivity contribution is 7.13. The zero-order chi connectivity index (χ0) is 17.1. The summed E-state index contributed by atoms with van der Waals surface area (Å²) in [6.45, 7) is 1.32. The minimum atomic E-state index is -0.130. The quantitative estimate of drug-likeness (QED) is 0.764. The van der Waals surface area contributed by atoms with E-state index >= 15 is 0 Å². The summed E-state index contributed by atoms with van der Waals surface area (Å²) in [7, 11) is 0. The van der Waals surface area contributed by atoms with Crippen LogP contribution < -0.4 is 5.32 Å². The molecular formula is C19H19N3O2S. The summed E-state index contributed by atoms with van der Waals surface area (Å²) in [5.41, 5.74) is 2.21. The molecule has 1 aromatic carbocycles. The van der Waals surface area contributed by atoms with E-state index in [-0.39, 0.29) is 12.0 Å². The van der Waals surface area contributed by atoms with Crippen LogP contribution in [0.4, 0.5) is 0 Å². The van der Waals surface area contributed by atoms with E-state index in [1.54, 1.807) is 16.0 Å². The van der Waals surface area contributed by atoms with Gasteiger partial charge in [-0.05, 0) is 42.5 Å². The summed E-state index contributed by atoms with van der Waals surface area (Å²) in [4.78, 5) is 13.8. The molecule has 0 saturated carbocycles. The van der Waals surface area contributed by atoms with E-state index in [2.05, 4.69) is 10.4 Å². The fraction of sp³-hybridized carbons (Fsp3) is 0.263. The molecule has 2 aromatic heterocycles. The van der Waals surface area contributed by atoms with Crippen molar-refractivity contribution in [2.75, 3.05) is 13.2 Å². The van der Waals surface area contributed by atoms with Gasteiger partial charge in [0.25, 0.3) is 5.91 Å². The van der Waals surface area contributed by atoms with Crippen molar-refractivity contribution in [3.05, 3.63) is 59.6 Å². The van der Waals surface area contributed by atoms with E-state index < -0.39 is 0 Å². The summed E-state index contributed by atoms with van der Waals surface area (Å²) in [6, 6.07) is 15.6. The number of para-hydroxylation sites is 1. The first kappa shape index (κ1) is 16.1. The minimum Gasteiger partial charge on any atom is -0.376 e. The third-order valence-electron chi connectivity index (χ3n) is 4.23. The van der Waals surface area contributed by atoms with Crippen molar-refractivity contribution in [2.45, 2.75) is 18.9 Å². The lowest BCUT2D eigenvalue weighted by Gasteiger charge is -2.11. The zero-order valence-electron chi connectivity index (χ0n) is 13.7. The first-order chi connectivity index (χ1) is 12.3. The van der Waals surface area contributed by atoms with Crippen LogP contribution in [0, 0.1) is 0 Å². The second-order valence-corrected chi connectivity index (χ2v) is 6.93. The van der Waals surface area contributed by atoms with Crippen molar-refractivity contribution in [1.82, 2.24) is 15.1 Å². The minimum absolute atomic E-state index is 0.119. The maximum Gasteiger partial charge on any atom is 0.270 e. The molecular weight excluding hydrogens is 334 g/mol. The van der Waals surface area contributed by atoms with Gasteiger partial charge in [0, 0.05) is 13.2 Å². The lowest BCUT2D eigenvalue weighted by Crippen LogP contribution is -2.33. The highest BCUT2D eigenvalue weighted by atomic mass is 32.1. The molecule has 5 nitrogen and oxygen atoms in total. The number of benzene rings is 1. The van der Waals surface area contributed by atoms with Crippen LogP contribution in [-0.2, 0) is 4.74 Å². The molecule has 1 saturated heterocycles. The number of rotatable bonds is 5. The molecule has 1 aliphatic heterocycles. The molecule has 0 bridgehead atoms. The van der Waals surface area contributed by atoms with Gasteiger partial charge in [-0.1, -0.05) is 24.3 Å². The molecule has 0 spiro atoms. The summed E-state index contributed by atoms with van der Waals surface area (Å²) >= 11 is 1.61. The Kier molecular flexibility index (Phi) is 4.63. The Morgan fingerprint density at radius 1 is 1.28 bits per heavy atom. The van der Waals surface area contributed by atoms with Gasteiger partial charge in [0.2, 0.25) is 0 Å². The van der Waals surface area contributed by atoms with Gasteiger partial charge in [-0.3, -0.25) is 4.79 Å². The molecule has 0 aliphatic carbocycles. The van der Waals surface area contributed by atoms with E-state index in [0.717, 1.165) is 35.7 Å². The van der Waals surface area contributed by atoms with Crippen molar-refractivity contribution in [3.8, 4) is 16.3 Å². The summed E-state index contributed by atoms with van der Waals surface area (Å²) in [6.07, 6.45) is 2.18. The lowest BCUT2D eigenvalue weighted by molar-refractivity contribution is 0.0851. The number of carbonyl (C=O) groups is 1. The number of hydrogen-bond donors (Lipinski definition) is 1. The molecule has 25 heavy (non-hydrogen) atoms. The van der Waals surface area contributed by atoms with Crippen molar-refractivity contribution in [1.29, 1.82) is 0 Å². The molecule has 1 atom stereocenters. The van der Waals surface area contributed by atoms with Crippen molar-refractivity contribution >= 4 is 17.2 Å². The number of nitrogens with one attached hydrogen (secondary N) is 1. The molecule has 3 heterocycles. The molecule has 1 N–H and O–H groups in total. The van der Waals surface area contributed by atoms with E-state index in [4.69, 9.17) is 4.74 Å². The molecule has 1 amide bonds. The van der Waals surface area contributed by atoms with Crippen LogP contribution in [0.5, 0.6) is 0 Å². The Hall–Kier alpha value is -2.44. The fourth-order valence-electron chi connectivity index (χ4n) is 2.96. The molecule has 0 radical (unpaired) electrons. The van der Waals surface area contributed by atoms with Crippen LogP contribution in [0.1, 0.15) is 23.3 Å². The normalized spacial score (nSPS) is 16.9. The first-order valence-electron chi connectivity index (χ1n) is 8.40. The van der Waals surface area contributed by atoms with Gasteiger partial charge in [-0.25, -0.2) is 4.68 Å². The number of hydrogen-bond acceptors (Lipinski definition) is 4. The highest BCUT2D eigenvalue weighted by Gasteiger charge is 2.20. The predicted molar refractivity (Wildman–Crippen MR) is 98.2 cm³/mol. The number of aromatic nitrogens is 2. The maximum absolute atomic E-state index is 12.8. The van der Waals surface area contributed by atoms with E-state index in [1.807, 2.05) is 53.9 Å². The fourth-order valence-corrected chi connectivity index (χ4v) is 3.64. The lowest BCUT2D eigenvalue weighted by atomic mass is 10.2. The first-order valence-corrected chi connectivity index (χ1v) is 9.28. The molecule has 6 heteroatoms. The van der Waals surface area contributed by atoms with Crippen LogP contribution in [0.15, 0.2) is 53.9 Å². The second-order valence-electron chi connectivity index (χ2n) is 5.98. The van der Waals surface area contributed by atoms with Gasteiger partial charge >= 0.3 is 0 Å². The molecule has 4 rings (SSSR count). The third kappa shape index (κ3) is 3.50. The van der Waals surface area contributed by atoms with E-state index in [0.29, 0.717) is 12.2 Å². The Balaban J connectivity index is 1.63. The van der Waals surface area contributed by atoms with Gasteiger partial charge < -0.3 is 10.1 Å². The van der Waals surface area contributed by atoms with Crippen molar-refractivity contribution in [3.63, 3.8) is 0 Å². The number of carbonyl (C=O) groups excluding carboxylic acids is 1. The topological polar surface area (TPSA) is 56.1 Å². The Bertz CT molecular complexity index is 837. The van der Waals surface area contributed by atoms with Crippen LogP contribution in [0.2, 0.25) is 0 Å². The average Bonchev–Trinajstić information content (AvgIpc) is 3.41. The van der Waals surface area contributed by atoms with E-state index in [9.17, 15) is 4.79 Å². The highest BCUT2D eigenvalue weighted by Crippen LogP contribution is 2.25. The summed E-state index contributed by atoms with van der Waals surface area (Å²) in [5, 5.41) is 9.66. The van der Waals surface area contributed by atoms with Gasteiger partial charge in [-0.15, -0.1) is 11.3 Å². The van der Waals surface area contributed by atoms with Gasteiger partial charge in [0.1, 0.15) is 11.4 Å². The predicted octanol–water partition coefficient (Wildman–Crippen LogP) is 3.51. The number of thiophene rings is 1. The van der Waals surface area contributed by atoms with Crippen LogP contribution in [0.25, 0.3) is 16.3 Å².